The van der Waals surface area contributed by atoms with Gasteiger partial charge in [-0.2, -0.15) is 0 Å². The molecule has 0 aliphatic heterocycles. The number of nitrogens with one attached hydrogen (secondary N) is 1. The first-order valence-electron chi connectivity index (χ1n) is 6.70. The fourth-order valence-corrected chi connectivity index (χ4v) is 2.15. The number of hydrogen-bond acceptors (Lipinski definition) is 3. The molecule has 0 bridgehead atoms. The predicted molar refractivity (Wildman–Crippen MR) is 101 cm³/mol. The molecule has 0 aliphatic carbocycles. The monoisotopic (exact) mass is 372 g/mol. The van der Waals surface area contributed by atoms with Crippen LogP contribution in [0.15, 0.2) is 42.9 Å². The van der Waals surface area contributed by atoms with Crippen molar-refractivity contribution in [1.82, 2.24) is 19.9 Å². The number of pyridine rings is 2. The molecule has 3 heterocycles. The van der Waals surface area contributed by atoms with E-state index in [0.717, 1.165) is 40.5 Å². The van der Waals surface area contributed by atoms with Gasteiger partial charge in [-0.25, -0.2) is 4.98 Å². The van der Waals surface area contributed by atoms with Crippen LogP contribution in [0.3, 0.4) is 0 Å². The van der Waals surface area contributed by atoms with Crippen LogP contribution in [0.4, 0.5) is 0 Å². The maximum Gasteiger partial charge on any atom is 0.139 e. The lowest BCUT2D eigenvalue weighted by atomic mass is 10.1. The third-order valence-corrected chi connectivity index (χ3v) is 3.25. The van der Waals surface area contributed by atoms with Crippen LogP contribution in [-0.2, 0) is 6.42 Å². The number of halogens is 3. The van der Waals surface area contributed by atoms with E-state index in [2.05, 4.69) is 21.9 Å². The van der Waals surface area contributed by atoms with E-state index < -0.39 is 0 Å². The normalized spacial score (nSPS) is 9.30. The molecule has 0 fully saturated rings. The molecule has 3 aromatic rings. The molecule has 0 spiro atoms. The van der Waals surface area contributed by atoms with E-state index in [1.165, 1.54) is 0 Å². The van der Waals surface area contributed by atoms with E-state index in [9.17, 15) is 0 Å². The second kappa shape index (κ2) is 9.50. The van der Waals surface area contributed by atoms with Gasteiger partial charge in [0.15, 0.2) is 0 Å². The summed E-state index contributed by atoms with van der Waals surface area (Å²) in [6, 6.07) is 7.98. The summed E-state index contributed by atoms with van der Waals surface area (Å²) in [5.41, 5.74) is 5.13. The highest BCUT2D eigenvalue weighted by molar-refractivity contribution is 5.86. The van der Waals surface area contributed by atoms with Crippen molar-refractivity contribution in [1.29, 1.82) is 0 Å². The fraction of sp³-hybridized carbons (Fsp3) is 0.188. The molecule has 0 aliphatic rings. The molecule has 0 atom stereocenters. The second-order valence-corrected chi connectivity index (χ2v) is 4.70. The minimum absolute atomic E-state index is 0. The average molecular weight is 374 g/mol. The Morgan fingerprint density at radius 1 is 1.00 bits per heavy atom. The molecule has 0 amide bonds. The Hall–Kier alpha value is -1.62. The summed E-state index contributed by atoms with van der Waals surface area (Å²) in [5, 5.41) is 0. The Kier molecular flexibility index (Phi) is 8.83. The lowest BCUT2D eigenvalue weighted by molar-refractivity contribution is 1.07. The fourth-order valence-electron chi connectivity index (χ4n) is 2.15. The lowest BCUT2D eigenvalue weighted by Gasteiger charge is -1.98. The van der Waals surface area contributed by atoms with Crippen LogP contribution in [0, 0.1) is 6.92 Å². The van der Waals surface area contributed by atoms with Gasteiger partial charge in [-0.3, -0.25) is 9.97 Å². The highest BCUT2D eigenvalue weighted by atomic mass is 35.5. The number of hydrogen-bond donors (Lipinski definition) is 1. The maximum atomic E-state index is 4.72. The van der Waals surface area contributed by atoms with Crippen LogP contribution in [0.1, 0.15) is 18.3 Å². The zero-order valence-corrected chi connectivity index (χ0v) is 15.3. The SMILES string of the molecule is CCc1[nH]c(-c2ccc(C)nc2)nc1-c1cccnc1.Cl.Cl.Cl. The number of rotatable bonds is 3. The minimum Gasteiger partial charge on any atom is -0.341 e. The van der Waals surface area contributed by atoms with Crippen LogP contribution in [0.5, 0.6) is 0 Å². The summed E-state index contributed by atoms with van der Waals surface area (Å²) in [6.07, 6.45) is 6.36. The molecule has 0 saturated carbocycles. The van der Waals surface area contributed by atoms with Gasteiger partial charge in [-0.05, 0) is 37.6 Å². The molecule has 0 radical (unpaired) electrons. The number of aromatic nitrogens is 4. The van der Waals surface area contributed by atoms with Crippen molar-refractivity contribution in [2.75, 3.05) is 0 Å². The van der Waals surface area contributed by atoms with Crippen LogP contribution in [0.2, 0.25) is 0 Å². The molecule has 124 valence electrons. The summed E-state index contributed by atoms with van der Waals surface area (Å²) in [5.74, 6) is 0.855. The zero-order valence-electron chi connectivity index (χ0n) is 12.8. The van der Waals surface area contributed by atoms with Gasteiger partial charge in [0.2, 0.25) is 0 Å². The van der Waals surface area contributed by atoms with Crippen LogP contribution in [0.25, 0.3) is 22.6 Å². The quantitative estimate of drug-likeness (QED) is 0.726. The van der Waals surface area contributed by atoms with Gasteiger partial charge in [0, 0.05) is 41.1 Å². The minimum atomic E-state index is 0. The number of aryl methyl sites for hydroxylation is 2. The molecule has 1 N–H and O–H groups in total. The third kappa shape index (κ3) is 4.67. The summed E-state index contributed by atoms with van der Waals surface area (Å²) in [4.78, 5) is 16.6. The predicted octanol–water partition coefficient (Wildman–Crippen LogP) is 4.67. The standard InChI is InChI=1S/C16H16N4.3ClH/c1-3-14-15(12-5-4-8-17-9-12)20-16(19-14)13-7-6-11(2)18-10-13;;;/h4-10H,3H2,1-2H3,(H,19,20);3*1H. The first-order valence-corrected chi connectivity index (χ1v) is 6.70. The number of imidazole rings is 1. The Bertz CT molecular complexity index is 712. The smallest absolute Gasteiger partial charge is 0.139 e. The van der Waals surface area contributed by atoms with Gasteiger partial charge >= 0.3 is 0 Å². The molecular formula is C16H19Cl3N4. The van der Waals surface area contributed by atoms with E-state index in [1.807, 2.05) is 43.6 Å². The first-order chi connectivity index (χ1) is 9.78. The molecular weight excluding hydrogens is 355 g/mol. The molecule has 4 nitrogen and oxygen atoms in total. The Morgan fingerprint density at radius 2 is 1.78 bits per heavy atom. The van der Waals surface area contributed by atoms with Crippen molar-refractivity contribution in [2.24, 2.45) is 0 Å². The Morgan fingerprint density at radius 3 is 2.35 bits per heavy atom. The summed E-state index contributed by atoms with van der Waals surface area (Å²) in [7, 11) is 0. The van der Waals surface area contributed by atoms with E-state index >= 15 is 0 Å². The summed E-state index contributed by atoms with van der Waals surface area (Å²) >= 11 is 0. The third-order valence-electron chi connectivity index (χ3n) is 3.25. The van der Waals surface area contributed by atoms with Gasteiger partial charge < -0.3 is 4.98 Å². The van der Waals surface area contributed by atoms with Crippen LogP contribution >= 0.6 is 37.2 Å². The van der Waals surface area contributed by atoms with Crippen molar-refractivity contribution < 1.29 is 0 Å². The molecule has 7 heteroatoms. The zero-order chi connectivity index (χ0) is 13.9. The van der Waals surface area contributed by atoms with Crippen molar-refractivity contribution in [3.63, 3.8) is 0 Å². The van der Waals surface area contributed by atoms with Crippen LogP contribution < -0.4 is 0 Å². The van der Waals surface area contributed by atoms with E-state index in [4.69, 9.17) is 4.98 Å². The molecule has 3 aromatic heterocycles. The molecule has 0 saturated heterocycles. The van der Waals surface area contributed by atoms with Gasteiger partial charge in [0.25, 0.3) is 0 Å². The number of H-pyrrole nitrogens is 1. The van der Waals surface area contributed by atoms with Gasteiger partial charge in [0.1, 0.15) is 5.82 Å². The molecule has 0 aromatic carbocycles. The van der Waals surface area contributed by atoms with Gasteiger partial charge in [0.05, 0.1) is 5.69 Å². The molecule has 0 unspecified atom stereocenters. The highest BCUT2D eigenvalue weighted by Crippen LogP contribution is 2.25. The van der Waals surface area contributed by atoms with E-state index in [1.54, 1.807) is 6.20 Å². The summed E-state index contributed by atoms with van der Waals surface area (Å²) in [6.45, 7) is 4.09. The number of aromatic amines is 1. The first kappa shape index (κ1) is 21.4. The number of nitrogens with zero attached hydrogens (tertiary/aromatic N) is 3. The highest BCUT2D eigenvalue weighted by Gasteiger charge is 2.12. The Labute approximate surface area is 154 Å². The van der Waals surface area contributed by atoms with Gasteiger partial charge in [-0.15, -0.1) is 37.2 Å². The van der Waals surface area contributed by atoms with Crippen LogP contribution in [-0.4, -0.2) is 19.9 Å². The van der Waals surface area contributed by atoms with Crippen molar-refractivity contribution in [2.45, 2.75) is 20.3 Å². The maximum absolute atomic E-state index is 4.72. The second-order valence-electron chi connectivity index (χ2n) is 4.70. The van der Waals surface area contributed by atoms with Crippen molar-refractivity contribution in [3.05, 3.63) is 54.2 Å². The lowest BCUT2D eigenvalue weighted by Crippen LogP contribution is -1.86. The largest absolute Gasteiger partial charge is 0.341 e. The molecule has 3 rings (SSSR count). The Balaban J connectivity index is 0.00000161. The van der Waals surface area contributed by atoms with E-state index in [-0.39, 0.29) is 37.2 Å². The van der Waals surface area contributed by atoms with Crippen molar-refractivity contribution >= 4 is 37.2 Å². The van der Waals surface area contributed by atoms with Gasteiger partial charge in [-0.1, -0.05) is 6.92 Å². The average Bonchev–Trinajstić information content (AvgIpc) is 2.93. The molecule has 23 heavy (non-hydrogen) atoms. The topological polar surface area (TPSA) is 54.5 Å². The summed E-state index contributed by atoms with van der Waals surface area (Å²) < 4.78 is 0. The van der Waals surface area contributed by atoms with Crippen molar-refractivity contribution in [3.8, 4) is 22.6 Å². The van der Waals surface area contributed by atoms with E-state index in [0.29, 0.717) is 0 Å².